The van der Waals surface area contributed by atoms with Gasteiger partial charge in [0.1, 0.15) is 9.84 Å². The lowest BCUT2D eigenvalue weighted by atomic mass is 9.97. The second-order valence-corrected chi connectivity index (χ2v) is 8.78. The van der Waals surface area contributed by atoms with Crippen molar-refractivity contribution in [3.05, 3.63) is 0 Å². The number of hydrogen-bond donors (Lipinski definition) is 2. The van der Waals surface area contributed by atoms with Crippen molar-refractivity contribution in [2.75, 3.05) is 30.9 Å². The summed E-state index contributed by atoms with van der Waals surface area (Å²) in [6, 6.07) is -0.0965. The summed E-state index contributed by atoms with van der Waals surface area (Å²) in [4.78, 5) is 0. The van der Waals surface area contributed by atoms with Gasteiger partial charge in [0.15, 0.2) is 0 Å². The molecule has 0 aromatic rings. The average Bonchev–Trinajstić information content (AvgIpc) is 2.18. The zero-order valence-electron chi connectivity index (χ0n) is 10.1. The van der Waals surface area contributed by atoms with E-state index in [1.165, 1.54) is 0 Å². The van der Waals surface area contributed by atoms with Crippen LogP contribution in [0.4, 0.5) is 0 Å². The molecule has 2 atom stereocenters. The van der Waals surface area contributed by atoms with Crippen LogP contribution in [0.15, 0.2) is 0 Å². The minimum Gasteiger partial charge on any atom is -0.316 e. The van der Waals surface area contributed by atoms with E-state index in [1.807, 2.05) is 6.92 Å². The van der Waals surface area contributed by atoms with Crippen LogP contribution in [0.5, 0.6) is 0 Å². The Kier molecular flexibility index (Phi) is 4.94. The molecule has 0 radical (unpaired) electrons. The Bertz CT molecular complexity index is 444. The van der Waals surface area contributed by atoms with Crippen LogP contribution in [0.25, 0.3) is 0 Å². The van der Waals surface area contributed by atoms with Crippen LogP contribution in [0.1, 0.15) is 13.3 Å². The molecule has 17 heavy (non-hydrogen) atoms. The fourth-order valence-corrected chi connectivity index (χ4v) is 4.76. The van der Waals surface area contributed by atoms with Crippen molar-refractivity contribution in [2.45, 2.75) is 19.4 Å². The summed E-state index contributed by atoms with van der Waals surface area (Å²) in [5.74, 6) is -0.471. The molecular formula is C9H20N2O4S2. The number of sulfone groups is 1. The van der Waals surface area contributed by atoms with E-state index in [0.29, 0.717) is 0 Å². The van der Waals surface area contributed by atoms with Crippen molar-refractivity contribution in [3.8, 4) is 0 Å². The molecule has 2 unspecified atom stereocenters. The number of rotatable bonds is 5. The second kappa shape index (κ2) is 5.64. The van der Waals surface area contributed by atoms with E-state index in [0.717, 1.165) is 25.8 Å². The van der Waals surface area contributed by atoms with E-state index < -0.39 is 19.9 Å². The Hall–Kier alpha value is -0.180. The molecule has 0 saturated carbocycles. The lowest BCUT2D eigenvalue weighted by molar-refractivity contribution is 0.328. The highest BCUT2D eigenvalue weighted by atomic mass is 32.2. The van der Waals surface area contributed by atoms with E-state index in [9.17, 15) is 16.8 Å². The minimum atomic E-state index is -3.50. The molecule has 0 spiro atoms. The van der Waals surface area contributed by atoms with Gasteiger partial charge < -0.3 is 5.32 Å². The first-order valence-electron chi connectivity index (χ1n) is 5.58. The Morgan fingerprint density at radius 1 is 1.24 bits per heavy atom. The maximum atomic E-state index is 11.7. The molecule has 0 amide bonds. The van der Waals surface area contributed by atoms with Gasteiger partial charge in [0.05, 0.1) is 11.5 Å². The summed E-state index contributed by atoms with van der Waals surface area (Å²) >= 11 is 0. The van der Waals surface area contributed by atoms with Gasteiger partial charge >= 0.3 is 0 Å². The molecule has 1 fully saturated rings. The van der Waals surface area contributed by atoms with Gasteiger partial charge in [-0.15, -0.1) is 0 Å². The van der Waals surface area contributed by atoms with Gasteiger partial charge in [-0.2, -0.15) is 0 Å². The van der Waals surface area contributed by atoms with Gasteiger partial charge in [-0.05, 0) is 25.4 Å². The highest BCUT2D eigenvalue weighted by Crippen LogP contribution is 2.11. The van der Waals surface area contributed by atoms with Crippen LogP contribution < -0.4 is 10.0 Å². The summed E-state index contributed by atoms with van der Waals surface area (Å²) in [7, 11) is -6.75. The zero-order valence-corrected chi connectivity index (χ0v) is 11.8. The third-order valence-corrected chi connectivity index (χ3v) is 5.45. The van der Waals surface area contributed by atoms with Gasteiger partial charge in [-0.1, -0.05) is 6.92 Å². The van der Waals surface area contributed by atoms with Crippen molar-refractivity contribution in [1.29, 1.82) is 0 Å². The van der Waals surface area contributed by atoms with Crippen LogP contribution in [0, 0.1) is 5.92 Å². The summed E-state index contributed by atoms with van der Waals surface area (Å²) in [5, 5.41) is 3.18. The first-order chi connectivity index (χ1) is 7.70. The van der Waals surface area contributed by atoms with Gasteiger partial charge in [0.2, 0.25) is 10.0 Å². The SMILES string of the molecule is CC1CNCCC1NS(=O)(=O)CCS(C)(=O)=O. The molecule has 1 aliphatic heterocycles. The first-order valence-corrected chi connectivity index (χ1v) is 9.29. The number of sulfonamides is 1. The zero-order chi connectivity index (χ0) is 13.1. The molecule has 1 heterocycles. The normalized spacial score (nSPS) is 26.9. The summed E-state index contributed by atoms with van der Waals surface area (Å²) in [6.45, 7) is 3.53. The molecule has 0 aliphatic carbocycles. The molecule has 1 aliphatic rings. The molecule has 1 saturated heterocycles. The standard InChI is InChI=1S/C9H20N2O4S2/c1-8-7-10-4-3-9(8)11-17(14,15)6-5-16(2,12)13/h8-11H,3-7H2,1-2H3. The molecule has 0 aromatic carbocycles. The van der Waals surface area contributed by atoms with Crippen molar-refractivity contribution in [3.63, 3.8) is 0 Å². The number of hydrogen-bond acceptors (Lipinski definition) is 5. The highest BCUT2D eigenvalue weighted by Gasteiger charge is 2.26. The van der Waals surface area contributed by atoms with Crippen LogP contribution in [0.2, 0.25) is 0 Å². The number of nitrogens with one attached hydrogen (secondary N) is 2. The highest BCUT2D eigenvalue weighted by molar-refractivity contribution is 7.93. The molecule has 8 heteroatoms. The minimum absolute atomic E-state index is 0.0965. The third-order valence-electron chi connectivity index (χ3n) is 2.84. The van der Waals surface area contributed by atoms with Crippen LogP contribution in [-0.4, -0.2) is 53.7 Å². The molecule has 102 valence electrons. The van der Waals surface area contributed by atoms with E-state index in [2.05, 4.69) is 10.0 Å². The molecule has 0 aromatic heterocycles. The Labute approximate surface area is 103 Å². The average molecular weight is 284 g/mol. The molecule has 2 N–H and O–H groups in total. The van der Waals surface area contributed by atoms with Crippen LogP contribution >= 0.6 is 0 Å². The molecule has 0 bridgehead atoms. The predicted molar refractivity (Wildman–Crippen MR) is 67.1 cm³/mol. The Morgan fingerprint density at radius 2 is 1.88 bits per heavy atom. The quantitative estimate of drug-likeness (QED) is 0.672. The summed E-state index contributed by atoms with van der Waals surface area (Å²) in [5.41, 5.74) is 0. The maximum Gasteiger partial charge on any atom is 0.212 e. The fraction of sp³-hybridized carbons (Fsp3) is 1.00. The lowest BCUT2D eigenvalue weighted by Gasteiger charge is -2.29. The summed E-state index contributed by atoms with van der Waals surface area (Å²) in [6.07, 6.45) is 1.77. The number of piperidine rings is 1. The van der Waals surface area contributed by atoms with E-state index in [1.54, 1.807) is 0 Å². The molecular weight excluding hydrogens is 264 g/mol. The topological polar surface area (TPSA) is 92.3 Å². The maximum absolute atomic E-state index is 11.7. The van der Waals surface area contributed by atoms with Crippen LogP contribution in [0.3, 0.4) is 0 Å². The van der Waals surface area contributed by atoms with Crippen molar-refractivity contribution in [2.24, 2.45) is 5.92 Å². The van der Waals surface area contributed by atoms with Gasteiger partial charge in [0, 0.05) is 12.3 Å². The second-order valence-electron chi connectivity index (χ2n) is 4.64. The molecule has 1 rings (SSSR count). The van der Waals surface area contributed by atoms with Crippen LogP contribution in [-0.2, 0) is 19.9 Å². The summed E-state index contributed by atoms with van der Waals surface area (Å²) < 4.78 is 47.8. The predicted octanol–water partition coefficient (Wildman–Crippen LogP) is -1.05. The van der Waals surface area contributed by atoms with E-state index in [-0.39, 0.29) is 23.5 Å². The van der Waals surface area contributed by atoms with E-state index >= 15 is 0 Å². The van der Waals surface area contributed by atoms with Gasteiger partial charge in [0.25, 0.3) is 0 Å². The largest absolute Gasteiger partial charge is 0.316 e. The van der Waals surface area contributed by atoms with Gasteiger partial charge in [-0.25, -0.2) is 21.6 Å². The monoisotopic (exact) mass is 284 g/mol. The molecule has 6 nitrogen and oxygen atoms in total. The first kappa shape index (κ1) is 14.9. The van der Waals surface area contributed by atoms with Crippen molar-refractivity contribution in [1.82, 2.24) is 10.0 Å². The Balaban J connectivity index is 2.54. The third kappa shape index (κ3) is 5.80. The van der Waals surface area contributed by atoms with Crippen molar-refractivity contribution < 1.29 is 16.8 Å². The lowest BCUT2D eigenvalue weighted by Crippen LogP contribution is -2.49. The van der Waals surface area contributed by atoms with Crippen molar-refractivity contribution >= 4 is 19.9 Å². The fourth-order valence-electron chi connectivity index (χ4n) is 1.74. The van der Waals surface area contributed by atoms with E-state index in [4.69, 9.17) is 0 Å². The van der Waals surface area contributed by atoms with Gasteiger partial charge in [-0.3, -0.25) is 0 Å². The smallest absolute Gasteiger partial charge is 0.212 e. The Morgan fingerprint density at radius 3 is 2.41 bits per heavy atom.